The van der Waals surface area contributed by atoms with E-state index >= 15 is 0 Å². The zero-order chi connectivity index (χ0) is 21.8. The lowest BCUT2D eigenvalue weighted by molar-refractivity contribution is -0.123. The van der Waals surface area contributed by atoms with Crippen molar-refractivity contribution < 1.29 is 14.0 Å². The Hall–Kier alpha value is -2.98. The van der Waals surface area contributed by atoms with Crippen LogP contribution in [0.3, 0.4) is 0 Å². The first kappa shape index (κ1) is 21.3. The van der Waals surface area contributed by atoms with Crippen LogP contribution in [-0.2, 0) is 9.59 Å². The van der Waals surface area contributed by atoms with Crippen molar-refractivity contribution in [1.29, 1.82) is 0 Å². The first-order chi connectivity index (χ1) is 15.0. The van der Waals surface area contributed by atoms with E-state index in [0.717, 1.165) is 36.8 Å². The number of nitrogens with one attached hydrogen (secondary N) is 2. The molecule has 9 nitrogen and oxygen atoms in total. The number of nitrogens with zero attached hydrogens (tertiary/aromatic N) is 4. The fourth-order valence-corrected chi connectivity index (χ4v) is 4.39. The summed E-state index contributed by atoms with van der Waals surface area (Å²) in [4.78, 5) is 36.9. The molecule has 0 spiro atoms. The van der Waals surface area contributed by atoms with Crippen molar-refractivity contribution >= 4 is 34.1 Å². The molecule has 4 rings (SSSR count). The normalized spacial score (nSPS) is 17.8. The summed E-state index contributed by atoms with van der Waals surface area (Å²) in [7, 11) is 0. The number of piperidine rings is 1. The SMILES string of the molecule is CC(=O)NC1CCN(CC(=O)NC2=CCN(c3nccs3)C(c3ccc(C)o3)=N2)CC1. The average molecular weight is 443 g/mol. The zero-order valence-corrected chi connectivity index (χ0v) is 18.4. The van der Waals surface area contributed by atoms with Crippen molar-refractivity contribution in [3.8, 4) is 0 Å². The van der Waals surface area contributed by atoms with Crippen LogP contribution in [0.1, 0.15) is 31.3 Å². The Labute approximate surface area is 184 Å². The maximum Gasteiger partial charge on any atom is 0.239 e. The highest BCUT2D eigenvalue weighted by atomic mass is 32.1. The van der Waals surface area contributed by atoms with E-state index in [4.69, 9.17) is 4.42 Å². The minimum atomic E-state index is -0.106. The van der Waals surface area contributed by atoms with Crippen molar-refractivity contribution in [2.24, 2.45) is 4.99 Å². The standard InChI is InChI=1S/C21H26N6O3S/c1-14-3-4-17(30-14)20-25-18(7-11-27(20)21-22-8-12-31-21)24-19(29)13-26-9-5-16(6-10-26)23-15(2)28/h3-4,7-8,12,16H,5-6,9-11,13H2,1-2H3,(H,23,28)(H,24,29). The van der Waals surface area contributed by atoms with Gasteiger partial charge in [-0.05, 0) is 38.0 Å². The van der Waals surface area contributed by atoms with Crippen molar-refractivity contribution in [2.75, 3.05) is 31.1 Å². The molecule has 164 valence electrons. The summed E-state index contributed by atoms with van der Waals surface area (Å²) in [5.41, 5.74) is 0. The molecule has 0 aliphatic carbocycles. The van der Waals surface area contributed by atoms with Gasteiger partial charge in [0.1, 0.15) is 11.6 Å². The molecule has 0 saturated carbocycles. The molecule has 2 N–H and O–H groups in total. The number of aliphatic imine (C=N–C) groups is 1. The van der Waals surface area contributed by atoms with Gasteiger partial charge in [0.15, 0.2) is 16.7 Å². The lowest BCUT2D eigenvalue weighted by Gasteiger charge is -2.31. The van der Waals surface area contributed by atoms with Gasteiger partial charge < -0.3 is 15.1 Å². The number of aryl methyl sites for hydroxylation is 1. The van der Waals surface area contributed by atoms with Gasteiger partial charge in [-0.1, -0.05) is 0 Å². The van der Waals surface area contributed by atoms with E-state index in [1.165, 1.54) is 18.3 Å². The first-order valence-electron chi connectivity index (χ1n) is 10.3. The number of amides is 2. The third-order valence-electron chi connectivity index (χ3n) is 5.19. The second-order valence-electron chi connectivity index (χ2n) is 7.66. The molecule has 1 fully saturated rings. The molecule has 0 bridgehead atoms. The molecule has 0 radical (unpaired) electrons. The summed E-state index contributed by atoms with van der Waals surface area (Å²) in [5.74, 6) is 2.44. The van der Waals surface area contributed by atoms with Gasteiger partial charge in [0, 0.05) is 44.2 Å². The van der Waals surface area contributed by atoms with E-state index in [1.54, 1.807) is 6.20 Å². The Morgan fingerprint density at radius 3 is 2.74 bits per heavy atom. The third-order valence-corrected chi connectivity index (χ3v) is 5.98. The zero-order valence-electron chi connectivity index (χ0n) is 17.6. The molecule has 10 heteroatoms. The summed E-state index contributed by atoms with van der Waals surface area (Å²) >= 11 is 1.52. The number of likely N-dealkylation sites (tertiary alicyclic amines) is 1. The predicted molar refractivity (Wildman–Crippen MR) is 119 cm³/mol. The number of hydrogen-bond donors (Lipinski definition) is 2. The molecule has 2 aromatic heterocycles. The number of furan rings is 1. The van der Waals surface area contributed by atoms with Gasteiger partial charge in [-0.3, -0.25) is 19.4 Å². The molecule has 2 aliphatic heterocycles. The Morgan fingerprint density at radius 1 is 1.29 bits per heavy atom. The summed E-state index contributed by atoms with van der Waals surface area (Å²) in [6.45, 7) is 5.79. The fraction of sp³-hybridized carbons (Fsp3) is 0.429. The second kappa shape index (κ2) is 9.44. The smallest absolute Gasteiger partial charge is 0.239 e. The Bertz CT molecular complexity index is 989. The van der Waals surface area contributed by atoms with Gasteiger partial charge in [-0.2, -0.15) is 0 Å². The Morgan fingerprint density at radius 2 is 2.10 bits per heavy atom. The summed E-state index contributed by atoms with van der Waals surface area (Å²) in [5, 5.41) is 8.60. The number of amidine groups is 1. The highest BCUT2D eigenvalue weighted by Crippen LogP contribution is 2.24. The quantitative estimate of drug-likeness (QED) is 0.708. The fourth-order valence-electron chi connectivity index (χ4n) is 3.73. The van der Waals surface area contributed by atoms with Crippen LogP contribution in [0.25, 0.3) is 0 Å². The van der Waals surface area contributed by atoms with Crippen LogP contribution in [0.15, 0.2) is 45.0 Å². The molecule has 0 atom stereocenters. The van der Waals surface area contributed by atoms with Crippen molar-refractivity contribution in [2.45, 2.75) is 32.7 Å². The van der Waals surface area contributed by atoms with E-state index in [1.807, 2.05) is 35.4 Å². The van der Waals surface area contributed by atoms with Gasteiger partial charge in [-0.25, -0.2) is 9.98 Å². The highest BCUT2D eigenvalue weighted by molar-refractivity contribution is 7.13. The van der Waals surface area contributed by atoms with E-state index in [2.05, 4.69) is 25.5 Å². The molecule has 0 aromatic carbocycles. The second-order valence-corrected chi connectivity index (χ2v) is 8.53. The van der Waals surface area contributed by atoms with Gasteiger partial charge in [0.2, 0.25) is 11.8 Å². The monoisotopic (exact) mass is 442 g/mol. The minimum absolute atomic E-state index is 0.00682. The largest absolute Gasteiger partial charge is 0.458 e. The topological polar surface area (TPSA) is 103 Å². The van der Waals surface area contributed by atoms with Crippen LogP contribution in [0.5, 0.6) is 0 Å². The molecule has 2 aromatic rings. The Kier molecular flexibility index (Phi) is 6.47. The molecule has 31 heavy (non-hydrogen) atoms. The van der Waals surface area contributed by atoms with E-state index in [0.29, 0.717) is 30.5 Å². The van der Waals surface area contributed by atoms with E-state index in [9.17, 15) is 9.59 Å². The van der Waals surface area contributed by atoms with E-state index in [-0.39, 0.29) is 17.9 Å². The van der Waals surface area contributed by atoms with Crippen LogP contribution in [0, 0.1) is 6.92 Å². The number of carbonyl (C=O) groups is 2. The van der Waals surface area contributed by atoms with Crippen LogP contribution in [-0.4, -0.2) is 59.8 Å². The van der Waals surface area contributed by atoms with Crippen LogP contribution < -0.4 is 15.5 Å². The van der Waals surface area contributed by atoms with Crippen LogP contribution >= 0.6 is 11.3 Å². The predicted octanol–water partition coefficient (Wildman–Crippen LogP) is 1.87. The van der Waals surface area contributed by atoms with Crippen LogP contribution in [0.2, 0.25) is 0 Å². The summed E-state index contributed by atoms with van der Waals surface area (Å²) < 4.78 is 5.79. The number of hydrogen-bond acceptors (Lipinski definition) is 8. The lowest BCUT2D eigenvalue weighted by atomic mass is 10.1. The summed E-state index contributed by atoms with van der Waals surface area (Å²) in [6.07, 6.45) is 5.32. The molecule has 1 saturated heterocycles. The van der Waals surface area contributed by atoms with Crippen molar-refractivity contribution in [1.82, 2.24) is 20.5 Å². The molecular weight excluding hydrogens is 416 g/mol. The number of anilines is 1. The van der Waals surface area contributed by atoms with Gasteiger partial charge in [0.05, 0.1) is 6.54 Å². The van der Waals surface area contributed by atoms with Gasteiger partial charge in [-0.15, -0.1) is 11.3 Å². The highest BCUT2D eigenvalue weighted by Gasteiger charge is 2.25. The molecule has 4 heterocycles. The van der Waals surface area contributed by atoms with Gasteiger partial charge >= 0.3 is 0 Å². The Balaban J connectivity index is 1.39. The number of rotatable bonds is 6. The average Bonchev–Trinajstić information content (AvgIpc) is 3.41. The molecule has 0 unspecified atom stereocenters. The van der Waals surface area contributed by atoms with Gasteiger partial charge in [0.25, 0.3) is 0 Å². The number of carbonyl (C=O) groups excluding carboxylic acids is 2. The molecule has 2 amide bonds. The number of thiazole rings is 1. The maximum absolute atomic E-state index is 12.6. The maximum atomic E-state index is 12.6. The third kappa shape index (κ3) is 5.39. The summed E-state index contributed by atoms with van der Waals surface area (Å²) in [6, 6.07) is 3.95. The van der Waals surface area contributed by atoms with E-state index < -0.39 is 0 Å². The van der Waals surface area contributed by atoms with Crippen molar-refractivity contribution in [3.05, 3.63) is 47.1 Å². The minimum Gasteiger partial charge on any atom is -0.458 e. The lowest BCUT2D eigenvalue weighted by Crippen LogP contribution is -2.47. The van der Waals surface area contributed by atoms with Crippen molar-refractivity contribution in [3.63, 3.8) is 0 Å². The molecule has 2 aliphatic rings. The number of aromatic nitrogens is 1. The first-order valence-corrected chi connectivity index (χ1v) is 11.2. The molecular formula is C21H26N6O3S. The van der Waals surface area contributed by atoms with Crippen LogP contribution in [0.4, 0.5) is 5.13 Å².